The SMILES string of the molecule is CC(C)(C)[S+]([O-])NCc1cc(-c2cccnc2)cc(Cl)c1Sc1ncccc1CO[Si](C)(C)C(C)(C)C. The van der Waals surface area contributed by atoms with Crippen LogP contribution in [-0.2, 0) is 28.9 Å². The van der Waals surface area contributed by atoms with Crippen molar-refractivity contribution >= 4 is 43.0 Å². The van der Waals surface area contributed by atoms with Crippen molar-refractivity contribution in [3.63, 3.8) is 0 Å². The predicted octanol–water partition coefficient (Wildman–Crippen LogP) is 8.02. The first kappa shape index (κ1) is 30.2. The Morgan fingerprint density at radius 2 is 1.73 bits per heavy atom. The van der Waals surface area contributed by atoms with Gasteiger partial charge in [-0.2, -0.15) is 0 Å². The summed E-state index contributed by atoms with van der Waals surface area (Å²) >= 11 is 7.21. The first-order chi connectivity index (χ1) is 17.2. The summed E-state index contributed by atoms with van der Waals surface area (Å²) in [6.07, 6.45) is 5.36. The van der Waals surface area contributed by atoms with Crippen molar-refractivity contribution in [2.45, 2.75) is 87.5 Å². The van der Waals surface area contributed by atoms with E-state index in [9.17, 15) is 4.55 Å². The molecule has 1 aromatic carbocycles. The van der Waals surface area contributed by atoms with Crippen LogP contribution >= 0.6 is 23.4 Å². The fourth-order valence-electron chi connectivity index (χ4n) is 3.15. The van der Waals surface area contributed by atoms with Crippen LogP contribution in [0.25, 0.3) is 11.1 Å². The Morgan fingerprint density at radius 3 is 2.35 bits per heavy atom. The number of halogens is 1. The van der Waals surface area contributed by atoms with Crippen molar-refractivity contribution < 1.29 is 8.98 Å². The summed E-state index contributed by atoms with van der Waals surface area (Å²) in [6, 6.07) is 12.0. The number of nitrogens with zero attached hydrogens (tertiary/aromatic N) is 2. The summed E-state index contributed by atoms with van der Waals surface area (Å²) in [6.45, 7) is 18.0. The van der Waals surface area contributed by atoms with Gasteiger partial charge in [0.05, 0.1) is 18.2 Å². The molecule has 200 valence electrons. The van der Waals surface area contributed by atoms with Crippen molar-refractivity contribution in [3.8, 4) is 11.1 Å². The minimum atomic E-state index is -1.93. The lowest BCUT2D eigenvalue weighted by atomic mass is 10.0. The van der Waals surface area contributed by atoms with E-state index in [4.69, 9.17) is 16.0 Å². The summed E-state index contributed by atoms with van der Waals surface area (Å²) in [5, 5.41) is 1.59. The fraction of sp³-hybridized carbons (Fsp3) is 0.429. The molecule has 0 radical (unpaired) electrons. The molecule has 0 aliphatic rings. The molecule has 0 saturated heterocycles. The highest BCUT2D eigenvalue weighted by atomic mass is 35.5. The Hall–Kier alpha value is -1.39. The van der Waals surface area contributed by atoms with Gasteiger partial charge in [-0.25, -0.2) is 4.98 Å². The topological polar surface area (TPSA) is 70.1 Å². The van der Waals surface area contributed by atoms with Gasteiger partial charge in [0, 0.05) is 46.0 Å². The Balaban J connectivity index is 1.96. The molecular formula is C28H38ClN3O2S2Si. The van der Waals surface area contributed by atoms with E-state index < -0.39 is 19.7 Å². The second-order valence-electron chi connectivity index (χ2n) is 11.5. The summed E-state index contributed by atoms with van der Waals surface area (Å²) in [5.74, 6) is 0. The van der Waals surface area contributed by atoms with Crippen LogP contribution in [0.1, 0.15) is 52.7 Å². The summed E-state index contributed by atoms with van der Waals surface area (Å²) in [5.41, 5.74) is 3.92. The van der Waals surface area contributed by atoms with Gasteiger partial charge in [-0.15, -0.1) is 4.72 Å². The number of nitrogens with one attached hydrogen (secondary N) is 1. The van der Waals surface area contributed by atoms with Crippen molar-refractivity contribution in [1.82, 2.24) is 14.7 Å². The van der Waals surface area contributed by atoms with Crippen molar-refractivity contribution in [3.05, 3.63) is 71.1 Å². The Labute approximate surface area is 235 Å². The Kier molecular flexibility index (Phi) is 9.94. The van der Waals surface area contributed by atoms with Gasteiger partial charge in [0.25, 0.3) is 0 Å². The van der Waals surface area contributed by atoms with Crippen LogP contribution in [0, 0.1) is 0 Å². The first-order valence-electron chi connectivity index (χ1n) is 12.3. The normalized spacial score (nSPS) is 13.6. The number of aromatic nitrogens is 2. The maximum absolute atomic E-state index is 12.8. The third kappa shape index (κ3) is 8.05. The van der Waals surface area contributed by atoms with Crippen LogP contribution in [0.4, 0.5) is 0 Å². The maximum atomic E-state index is 12.8. The molecule has 37 heavy (non-hydrogen) atoms. The molecular weight excluding hydrogens is 538 g/mol. The number of pyridine rings is 2. The molecule has 0 saturated carbocycles. The third-order valence-corrected chi connectivity index (χ3v) is 14.2. The summed E-state index contributed by atoms with van der Waals surface area (Å²) < 4.78 is 22.1. The largest absolute Gasteiger partial charge is 0.598 e. The van der Waals surface area contributed by atoms with Crippen LogP contribution in [0.2, 0.25) is 23.2 Å². The molecule has 3 aromatic rings. The van der Waals surface area contributed by atoms with Gasteiger partial charge in [0.15, 0.2) is 8.32 Å². The molecule has 5 nitrogen and oxygen atoms in total. The summed E-state index contributed by atoms with van der Waals surface area (Å²) in [4.78, 5) is 9.83. The lowest BCUT2D eigenvalue weighted by Gasteiger charge is -2.36. The Bertz CT molecular complexity index is 1200. The number of rotatable bonds is 9. The van der Waals surface area contributed by atoms with Gasteiger partial charge in [0.2, 0.25) is 0 Å². The zero-order chi connectivity index (χ0) is 27.4. The molecule has 0 aliphatic heterocycles. The molecule has 0 amide bonds. The van der Waals surface area contributed by atoms with Crippen LogP contribution in [0.15, 0.2) is 64.9 Å². The maximum Gasteiger partial charge on any atom is 0.192 e. The third-order valence-electron chi connectivity index (χ3n) is 6.51. The number of hydrogen-bond donors (Lipinski definition) is 1. The standard InChI is InChI=1S/C28H38ClN3O2S2Si/c1-27(2,3)36(33)32-18-23-15-22(20-11-9-13-30-17-20)16-24(29)25(23)35-26-21(12-10-14-31-26)19-34-37(7,8)28(4,5)6/h9-17,32H,18-19H2,1-8H3. The van der Waals surface area contributed by atoms with Gasteiger partial charge in [0.1, 0.15) is 9.77 Å². The van der Waals surface area contributed by atoms with E-state index in [0.717, 1.165) is 32.2 Å². The van der Waals surface area contributed by atoms with Crippen LogP contribution in [0.5, 0.6) is 0 Å². The fourth-order valence-corrected chi connectivity index (χ4v) is 6.16. The zero-order valence-corrected chi connectivity index (χ0v) is 26.4. The number of benzene rings is 1. The predicted molar refractivity (Wildman–Crippen MR) is 160 cm³/mol. The van der Waals surface area contributed by atoms with Crippen LogP contribution in [-0.4, -0.2) is 27.6 Å². The minimum Gasteiger partial charge on any atom is -0.598 e. The quantitative estimate of drug-likeness (QED) is 0.206. The van der Waals surface area contributed by atoms with Crippen LogP contribution < -0.4 is 4.72 Å². The summed E-state index contributed by atoms with van der Waals surface area (Å²) in [7, 11) is -1.93. The van der Waals surface area contributed by atoms with Gasteiger partial charge < -0.3 is 8.98 Å². The number of hydrogen-bond acceptors (Lipinski definition) is 6. The molecule has 0 fully saturated rings. The monoisotopic (exact) mass is 575 g/mol. The molecule has 1 N–H and O–H groups in total. The molecule has 1 unspecified atom stereocenters. The average molecular weight is 576 g/mol. The second-order valence-corrected chi connectivity index (χ2v) is 19.8. The molecule has 0 bridgehead atoms. The van der Waals surface area contributed by atoms with Gasteiger partial charge >= 0.3 is 0 Å². The molecule has 2 heterocycles. The Morgan fingerprint density at radius 1 is 1.03 bits per heavy atom. The van der Waals surface area contributed by atoms with Gasteiger partial charge in [-0.05, 0) is 74.3 Å². The van der Waals surface area contributed by atoms with E-state index in [2.05, 4.69) is 60.7 Å². The zero-order valence-electron chi connectivity index (χ0n) is 23.0. The molecule has 2 aromatic heterocycles. The van der Waals surface area contributed by atoms with E-state index in [0.29, 0.717) is 18.2 Å². The highest BCUT2D eigenvalue weighted by Gasteiger charge is 2.37. The van der Waals surface area contributed by atoms with Crippen molar-refractivity contribution in [2.24, 2.45) is 0 Å². The molecule has 9 heteroatoms. The highest BCUT2D eigenvalue weighted by molar-refractivity contribution is 7.99. The minimum absolute atomic E-state index is 0.121. The molecule has 0 spiro atoms. The van der Waals surface area contributed by atoms with E-state index in [1.807, 2.05) is 51.2 Å². The molecule has 1 atom stereocenters. The lowest BCUT2D eigenvalue weighted by Crippen LogP contribution is -2.40. The van der Waals surface area contributed by atoms with Gasteiger partial charge in [-0.3, -0.25) is 4.98 Å². The van der Waals surface area contributed by atoms with Gasteiger partial charge in [-0.1, -0.05) is 56.3 Å². The van der Waals surface area contributed by atoms with E-state index in [-0.39, 0.29) is 9.79 Å². The second kappa shape index (κ2) is 12.2. The van der Waals surface area contributed by atoms with E-state index >= 15 is 0 Å². The molecule has 0 aliphatic carbocycles. The lowest BCUT2D eigenvalue weighted by molar-refractivity contribution is 0.273. The first-order valence-corrected chi connectivity index (χ1v) is 17.6. The van der Waals surface area contributed by atoms with E-state index in [1.54, 1.807) is 12.4 Å². The molecule has 3 rings (SSSR count). The average Bonchev–Trinajstić information content (AvgIpc) is 2.82. The van der Waals surface area contributed by atoms with E-state index in [1.165, 1.54) is 11.8 Å². The smallest absolute Gasteiger partial charge is 0.192 e. The highest BCUT2D eigenvalue weighted by Crippen LogP contribution is 2.41. The van der Waals surface area contributed by atoms with Crippen molar-refractivity contribution in [2.75, 3.05) is 0 Å². The van der Waals surface area contributed by atoms with Crippen molar-refractivity contribution in [1.29, 1.82) is 0 Å². The van der Waals surface area contributed by atoms with Crippen LogP contribution in [0.3, 0.4) is 0 Å².